The minimum absolute atomic E-state index is 0.0902. The van der Waals surface area contributed by atoms with Gasteiger partial charge >= 0.3 is 0 Å². The number of aryl methyl sites for hydroxylation is 1. The second-order valence-corrected chi connectivity index (χ2v) is 6.07. The molecule has 0 amide bonds. The van der Waals surface area contributed by atoms with E-state index in [1.807, 2.05) is 13.0 Å². The molecule has 2 heterocycles. The number of aromatic hydroxyl groups is 1. The Morgan fingerprint density at radius 2 is 2.04 bits per heavy atom. The van der Waals surface area contributed by atoms with Crippen LogP contribution in [0.5, 0.6) is 11.6 Å². The lowest BCUT2D eigenvalue weighted by Gasteiger charge is -2.11. The van der Waals surface area contributed by atoms with Crippen molar-refractivity contribution >= 4 is 27.5 Å². The van der Waals surface area contributed by atoms with E-state index in [1.165, 1.54) is 13.2 Å². The number of halogens is 1. The SMILES string of the molecule is CCn1cc2nc3c(-c4cc(OC)ccc4F)cccc3c(N)c2c1O. The van der Waals surface area contributed by atoms with Crippen molar-refractivity contribution in [1.82, 2.24) is 9.55 Å². The average molecular weight is 351 g/mol. The summed E-state index contributed by atoms with van der Waals surface area (Å²) < 4.78 is 21.4. The Labute approximate surface area is 149 Å². The lowest BCUT2D eigenvalue weighted by atomic mass is 9.99. The van der Waals surface area contributed by atoms with Crippen LogP contribution in [0.1, 0.15) is 6.92 Å². The van der Waals surface area contributed by atoms with Crippen molar-refractivity contribution in [3.05, 3.63) is 48.4 Å². The predicted molar refractivity (Wildman–Crippen MR) is 101 cm³/mol. The van der Waals surface area contributed by atoms with Crippen LogP contribution < -0.4 is 10.5 Å². The predicted octanol–water partition coefficient (Wildman–Crippen LogP) is 4.31. The van der Waals surface area contributed by atoms with Gasteiger partial charge in [-0.2, -0.15) is 0 Å². The molecule has 2 aromatic carbocycles. The van der Waals surface area contributed by atoms with E-state index < -0.39 is 0 Å². The normalized spacial score (nSPS) is 11.3. The van der Waals surface area contributed by atoms with E-state index in [1.54, 1.807) is 35.0 Å². The molecule has 4 aromatic rings. The van der Waals surface area contributed by atoms with Crippen LogP contribution in [0.3, 0.4) is 0 Å². The summed E-state index contributed by atoms with van der Waals surface area (Å²) >= 11 is 0. The first-order valence-electron chi connectivity index (χ1n) is 8.29. The third kappa shape index (κ3) is 2.26. The zero-order chi connectivity index (χ0) is 18.4. The monoisotopic (exact) mass is 351 g/mol. The maximum atomic E-state index is 14.5. The van der Waals surface area contributed by atoms with E-state index in [0.29, 0.717) is 50.9 Å². The quantitative estimate of drug-likeness (QED) is 0.577. The lowest BCUT2D eigenvalue weighted by molar-refractivity contribution is 0.414. The van der Waals surface area contributed by atoms with Crippen LogP contribution in [-0.4, -0.2) is 21.8 Å². The van der Waals surface area contributed by atoms with Crippen molar-refractivity contribution in [1.29, 1.82) is 0 Å². The third-order valence-corrected chi connectivity index (χ3v) is 4.66. The van der Waals surface area contributed by atoms with E-state index in [0.717, 1.165) is 0 Å². The van der Waals surface area contributed by atoms with Crippen molar-refractivity contribution in [3.63, 3.8) is 0 Å². The Bertz CT molecular complexity index is 1150. The molecule has 5 nitrogen and oxygen atoms in total. The molecule has 0 aliphatic rings. The van der Waals surface area contributed by atoms with Gasteiger partial charge in [-0.25, -0.2) is 9.37 Å². The fourth-order valence-electron chi connectivity index (χ4n) is 3.31. The number of fused-ring (bicyclic) bond motifs is 2. The van der Waals surface area contributed by atoms with Crippen LogP contribution in [-0.2, 0) is 6.54 Å². The summed E-state index contributed by atoms with van der Waals surface area (Å²) in [5.41, 5.74) is 8.93. The fraction of sp³-hybridized carbons (Fsp3) is 0.150. The number of methoxy groups -OCH3 is 1. The van der Waals surface area contributed by atoms with Gasteiger partial charge in [0, 0.05) is 29.3 Å². The molecule has 2 aromatic heterocycles. The molecule has 3 N–H and O–H groups in total. The molecular weight excluding hydrogens is 333 g/mol. The molecule has 0 atom stereocenters. The molecule has 0 saturated heterocycles. The van der Waals surface area contributed by atoms with Crippen LogP contribution >= 0.6 is 0 Å². The van der Waals surface area contributed by atoms with Gasteiger partial charge in [-0.15, -0.1) is 0 Å². The van der Waals surface area contributed by atoms with Crippen molar-refractivity contribution in [2.45, 2.75) is 13.5 Å². The largest absolute Gasteiger partial charge is 0.497 e. The van der Waals surface area contributed by atoms with Gasteiger partial charge in [0.15, 0.2) is 0 Å². The van der Waals surface area contributed by atoms with Gasteiger partial charge in [-0.3, -0.25) is 0 Å². The van der Waals surface area contributed by atoms with Crippen molar-refractivity contribution < 1.29 is 14.2 Å². The average Bonchev–Trinajstić information content (AvgIpc) is 2.98. The number of para-hydroxylation sites is 1. The van der Waals surface area contributed by atoms with Crippen LogP contribution in [0.15, 0.2) is 42.6 Å². The lowest BCUT2D eigenvalue weighted by Crippen LogP contribution is -1.95. The number of nitrogen functional groups attached to an aromatic ring is 1. The number of nitrogens with zero attached hydrogens (tertiary/aromatic N) is 2. The summed E-state index contributed by atoms with van der Waals surface area (Å²) in [4.78, 5) is 4.67. The number of hydrogen-bond donors (Lipinski definition) is 2. The Kier molecular flexibility index (Phi) is 3.68. The highest BCUT2D eigenvalue weighted by atomic mass is 19.1. The second kappa shape index (κ2) is 5.91. The summed E-state index contributed by atoms with van der Waals surface area (Å²) in [5.74, 6) is 0.280. The van der Waals surface area contributed by atoms with E-state index >= 15 is 0 Å². The van der Waals surface area contributed by atoms with Gasteiger partial charge < -0.3 is 20.1 Å². The second-order valence-electron chi connectivity index (χ2n) is 6.07. The van der Waals surface area contributed by atoms with Gasteiger partial charge in [0.25, 0.3) is 0 Å². The summed E-state index contributed by atoms with van der Waals surface area (Å²) in [6.07, 6.45) is 1.75. The molecule has 0 radical (unpaired) electrons. The zero-order valence-electron chi connectivity index (χ0n) is 14.5. The summed E-state index contributed by atoms with van der Waals surface area (Å²) in [6.45, 7) is 2.51. The zero-order valence-corrected chi connectivity index (χ0v) is 14.5. The number of ether oxygens (including phenoxy) is 1. The Hall–Kier alpha value is -3.28. The number of benzene rings is 2. The number of pyridine rings is 1. The summed E-state index contributed by atoms with van der Waals surface area (Å²) in [5, 5.41) is 11.6. The first-order chi connectivity index (χ1) is 12.5. The van der Waals surface area contributed by atoms with Gasteiger partial charge in [-0.1, -0.05) is 18.2 Å². The van der Waals surface area contributed by atoms with Crippen LogP contribution in [0.2, 0.25) is 0 Å². The molecule has 0 fully saturated rings. The molecular formula is C20H18FN3O2. The molecule has 0 aliphatic carbocycles. The van der Waals surface area contributed by atoms with Crippen LogP contribution in [0, 0.1) is 5.82 Å². The first kappa shape index (κ1) is 16.2. The summed E-state index contributed by atoms with van der Waals surface area (Å²) in [6, 6.07) is 10.0. The highest BCUT2D eigenvalue weighted by Crippen LogP contribution is 2.39. The topological polar surface area (TPSA) is 73.3 Å². The number of aromatic nitrogens is 2. The van der Waals surface area contributed by atoms with E-state index in [4.69, 9.17) is 10.5 Å². The molecule has 6 heteroatoms. The summed E-state index contributed by atoms with van der Waals surface area (Å²) in [7, 11) is 1.54. The molecule has 0 bridgehead atoms. The number of anilines is 1. The Balaban J connectivity index is 2.09. The first-order valence-corrected chi connectivity index (χ1v) is 8.29. The maximum Gasteiger partial charge on any atom is 0.202 e. The van der Waals surface area contributed by atoms with Crippen molar-refractivity contribution in [2.24, 2.45) is 0 Å². The highest BCUT2D eigenvalue weighted by Gasteiger charge is 2.18. The third-order valence-electron chi connectivity index (χ3n) is 4.66. The van der Waals surface area contributed by atoms with Crippen LogP contribution in [0.25, 0.3) is 32.9 Å². The molecule has 26 heavy (non-hydrogen) atoms. The molecule has 0 aliphatic heterocycles. The van der Waals surface area contributed by atoms with Gasteiger partial charge in [-0.05, 0) is 25.1 Å². The molecule has 4 rings (SSSR count). The molecule has 132 valence electrons. The smallest absolute Gasteiger partial charge is 0.202 e. The van der Waals surface area contributed by atoms with Gasteiger partial charge in [0.2, 0.25) is 5.88 Å². The Morgan fingerprint density at radius 1 is 1.23 bits per heavy atom. The van der Waals surface area contributed by atoms with Gasteiger partial charge in [0.1, 0.15) is 11.6 Å². The number of hydrogen-bond acceptors (Lipinski definition) is 4. The minimum Gasteiger partial charge on any atom is -0.497 e. The van der Waals surface area contributed by atoms with E-state index in [-0.39, 0.29) is 11.7 Å². The van der Waals surface area contributed by atoms with Crippen molar-refractivity contribution in [2.75, 3.05) is 12.8 Å². The molecule has 0 spiro atoms. The Morgan fingerprint density at radius 3 is 2.77 bits per heavy atom. The van der Waals surface area contributed by atoms with E-state index in [9.17, 15) is 9.50 Å². The number of rotatable bonds is 3. The molecule has 0 saturated carbocycles. The minimum atomic E-state index is -0.368. The fourth-order valence-corrected chi connectivity index (χ4v) is 3.31. The maximum absolute atomic E-state index is 14.5. The van der Waals surface area contributed by atoms with Gasteiger partial charge in [0.05, 0.1) is 29.2 Å². The van der Waals surface area contributed by atoms with Crippen LogP contribution in [0.4, 0.5) is 10.1 Å². The molecule has 0 unspecified atom stereocenters. The van der Waals surface area contributed by atoms with Crippen molar-refractivity contribution in [3.8, 4) is 22.8 Å². The highest BCUT2D eigenvalue weighted by molar-refractivity contribution is 6.12. The van der Waals surface area contributed by atoms with E-state index in [2.05, 4.69) is 4.98 Å². The number of nitrogens with two attached hydrogens (primary N) is 1. The standard InChI is InChI=1S/C20H18FN3O2/c1-3-24-10-16-17(20(24)25)18(22)13-6-4-5-12(19(13)23-16)14-9-11(26-2)7-8-15(14)21/h4-10,25H,3,22H2,1-2H3.